The van der Waals surface area contributed by atoms with Crippen LogP contribution in [-0.2, 0) is 0 Å². The first-order valence-electron chi connectivity index (χ1n) is 5.29. The van der Waals surface area contributed by atoms with E-state index < -0.39 is 0 Å². The van der Waals surface area contributed by atoms with E-state index in [0.717, 1.165) is 29.9 Å². The molecule has 0 aliphatic heterocycles. The fraction of sp³-hybridized carbons (Fsp3) is 0.500. The molecule has 82 valence electrons. The number of hydrogen-bond donors (Lipinski definition) is 1. The van der Waals surface area contributed by atoms with Gasteiger partial charge in [-0.3, -0.25) is 0 Å². The molecule has 2 rings (SSSR count). The number of rotatable bonds is 3. The summed E-state index contributed by atoms with van der Waals surface area (Å²) >= 11 is 1.67. The Labute approximate surface area is 94.6 Å². The van der Waals surface area contributed by atoms with Crippen molar-refractivity contribution in [2.45, 2.75) is 36.4 Å². The summed E-state index contributed by atoms with van der Waals surface area (Å²) in [6.07, 6.45) is 4.62. The molecule has 0 aromatic heterocycles. The number of ether oxygens (including phenoxy) is 1. The molecule has 0 heterocycles. The van der Waals surface area contributed by atoms with Gasteiger partial charge in [-0.25, -0.2) is 0 Å². The van der Waals surface area contributed by atoms with Crippen LogP contribution in [0.15, 0.2) is 29.2 Å². The molecular formula is C12H16O2S. The van der Waals surface area contributed by atoms with Gasteiger partial charge in [0.1, 0.15) is 11.9 Å². The maximum Gasteiger partial charge on any atom is 0.133 e. The Kier molecular flexibility index (Phi) is 3.54. The molecule has 0 saturated heterocycles. The zero-order valence-corrected chi connectivity index (χ0v) is 9.67. The predicted octanol–water partition coefficient (Wildman–Crippen LogP) is 2.70. The first kappa shape index (κ1) is 10.8. The quantitative estimate of drug-likeness (QED) is 0.800. The summed E-state index contributed by atoms with van der Waals surface area (Å²) in [5.41, 5.74) is 0. The highest BCUT2D eigenvalue weighted by molar-refractivity contribution is 7.98. The summed E-state index contributed by atoms with van der Waals surface area (Å²) < 4.78 is 5.84. The summed E-state index contributed by atoms with van der Waals surface area (Å²) in [7, 11) is 0. The van der Waals surface area contributed by atoms with Gasteiger partial charge < -0.3 is 9.84 Å². The second-order valence-corrected chi connectivity index (χ2v) is 4.65. The Morgan fingerprint density at radius 2 is 2.13 bits per heavy atom. The van der Waals surface area contributed by atoms with E-state index in [9.17, 15) is 5.11 Å². The summed E-state index contributed by atoms with van der Waals surface area (Å²) in [4.78, 5) is 1.14. The van der Waals surface area contributed by atoms with Crippen LogP contribution in [0.1, 0.15) is 19.3 Å². The van der Waals surface area contributed by atoms with Crippen LogP contribution >= 0.6 is 11.8 Å². The topological polar surface area (TPSA) is 29.5 Å². The zero-order valence-electron chi connectivity index (χ0n) is 8.85. The number of aliphatic hydroxyl groups excluding tert-OH is 1. The third-order valence-electron chi connectivity index (χ3n) is 2.77. The van der Waals surface area contributed by atoms with Gasteiger partial charge in [0.15, 0.2) is 0 Å². The number of para-hydroxylation sites is 1. The standard InChI is InChI=1S/C12H16O2S/c1-15-12-8-3-2-6-11(12)14-10-7-4-5-9(10)13/h2-3,6,8-10,13H,4-5,7H2,1H3/t9-,10-/m1/s1. The number of hydrogen-bond acceptors (Lipinski definition) is 3. The van der Waals surface area contributed by atoms with Gasteiger partial charge in [0.25, 0.3) is 0 Å². The number of thioether (sulfide) groups is 1. The molecule has 1 aliphatic carbocycles. The zero-order chi connectivity index (χ0) is 10.7. The van der Waals surface area contributed by atoms with Gasteiger partial charge in [0.2, 0.25) is 0 Å². The first-order valence-corrected chi connectivity index (χ1v) is 6.51. The third-order valence-corrected chi connectivity index (χ3v) is 3.54. The Bertz CT molecular complexity index is 327. The highest BCUT2D eigenvalue weighted by atomic mass is 32.2. The molecule has 0 unspecified atom stereocenters. The molecule has 0 amide bonds. The third kappa shape index (κ3) is 2.47. The van der Waals surface area contributed by atoms with Crippen molar-refractivity contribution in [3.8, 4) is 5.75 Å². The van der Waals surface area contributed by atoms with E-state index in [1.165, 1.54) is 0 Å². The van der Waals surface area contributed by atoms with Gasteiger partial charge in [-0.15, -0.1) is 11.8 Å². The Balaban J connectivity index is 2.09. The number of aliphatic hydroxyl groups is 1. The minimum Gasteiger partial charge on any atom is -0.487 e. The Morgan fingerprint density at radius 3 is 2.80 bits per heavy atom. The van der Waals surface area contributed by atoms with E-state index in [1.807, 2.05) is 30.5 Å². The summed E-state index contributed by atoms with van der Waals surface area (Å²) in [5, 5.41) is 9.68. The van der Waals surface area contributed by atoms with E-state index in [0.29, 0.717) is 0 Å². The molecule has 1 N–H and O–H groups in total. The van der Waals surface area contributed by atoms with Crippen molar-refractivity contribution in [3.05, 3.63) is 24.3 Å². The van der Waals surface area contributed by atoms with Crippen molar-refractivity contribution in [1.82, 2.24) is 0 Å². The summed E-state index contributed by atoms with van der Waals surface area (Å²) in [5.74, 6) is 0.899. The smallest absolute Gasteiger partial charge is 0.133 e. The molecule has 0 radical (unpaired) electrons. The van der Waals surface area contributed by atoms with E-state index >= 15 is 0 Å². The van der Waals surface area contributed by atoms with Gasteiger partial charge in [0.05, 0.1) is 6.10 Å². The second-order valence-electron chi connectivity index (χ2n) is 3.81. The lowest BCUT2D eigenvalue weighted by atomic mass is 10.2. The van der Waals surface area contributed by atoms with Crippen LogP contribution in [0.5, 0.6) is 5.75 Å². The van der Waals surface area contributed by atoms with Crippen molar-refractivity contribution < 1.29 is 9.84 Å². The van der Waals surface area contributed by atoms with E-state index in [4.69, 9.17) is 4.74 Å². The minimum atomic E-state index is -0.292. The molecule has 0 bridgehead atoms. The molecule has 1 aromatic carbocycles. The maximum absolute atomic E-state index is 9.68. The monoisotopic (exact) mass is 224 g/mol. The predicted molar refractivity (Wildman–Crippen MR) is 62.5 cm³/mol. The van der Waals surface area contributed by atoms with E-state index in [1.54, 1.807) is 11.8 Å². The molecule has 1 aliphatic rings. The Hall–Kier alpha value is -0.670. The van der Waals surface area contributed by atoms with Gasteiger partial charge in [-0.05, 0) is 37.7 Å². The highest BCUT2D eigenvalue weighted by Gasteiger charge is 2.27. The minimum absolute atomic E-state index is 0.0155. The largest absolute Gasteiger partial charge is 0.487 e. The lowest BCUT2D eigenvalue weighted by Crippen LogP contribution is -2.25. The fourth-order valence-corrected chi connectivity index (χ4v) is 2.46. The van der Waals surface area contributed by atoms with Crippen molar-refractivity contribution >= 4 is 11.8 Å². The SMILES string of the molecule is CSc1ccccc1O[C@@H]1CCC[C@H]1O. The van der Waals surface area contributed by atoms with Crippen molar-refractivity contribution in [1.29, 1.82) is 0 Å². The lowest BCUT2D eigenvalue weighted by Gasteiger charge is -2.18. The van der Waals surface area contributed by atoms with Crippen molar-refractivity contribution in [2.24, 2.45) is 0 Å². The normalized spacial score (nSPS) is 25.5. The molecule has 2 atom stereocenters. The molecule has 1 fully saturated rings. The Morgan fingerprint density at radius 1 is 1.33 bits per heavy atom. The molecule has 1 saturated carbocycles. The van der Waals surface area contributed by atoms with Crippen LogP contribution in [0.25, 0.3) is 0 Å². The second kappa shape index (κ2) is 4.90. The van der Waals surface area contributed by atoms with Crippen LogP contribution in [0.4, 0.5) is 0 Å². The van der Waals surface area contributed by atoms with Crippen LogP contribution in [-0.4, -0.2) is 23.6 Å². The van der Waals surface area contributed by atoms with Crippen molar-refractivity contribution in [3.63, 3.8) is 0 Å². The van der Waals surface area contributed by atoms with Crippen LogP contribution in [0, 0.1) is 0 Å². The lowest BCUT2D eigenvalue weighted by molar-refractivity contribution is 0.0586. The molecular weight excluding hydrogens is 208 g/mol. The summed E-state index contributed by atoms with van der Waals surface area (Å²) in [6.45, 7) is 0. The van der Waals surface area contributed by atoms with Crippen LogP contribution < -0.4 is 4.74 Å². The number of benzene rings is 1. The van der Waals surface area contributed by atoms with Gasteiger partial charge in [0, 0.05) is 4.90 Å². The van der Waals surface area contributed by atoms with Crippen LogP contribution in [0.2, 0.25) is 0 Å². The van der Waals surface area contributed by atoms with Gasteiger partial charge in [-0.1, -0.05) is 12.1 Å². The van der Waals surface area contributed by atoms with Crippen molar-refractivity contribution in [2.75, 3.05) is 6.26 Å². The molecule has 0 spiro atoms. The van der Waals surface area contributed by atoms with Gasteiger partial charge >= 0.3 is 0 Å². The molecule has 1 aromatic rings. The fourth-order valence-electron chi connectivity index (χ4n) is 1.92. The van der Waals surface area contributed by atoms with E-state index in [2.05, 4.69) is 0 Å². The molecule has 15 heavy (non-hydrogen) atoms. The average molecular weight is 224 g/mol. The maximum atomic E-state index is 9.68. The molecule has 3 heteroatoms. The average Bonchev–Trinajstić information content (AvgIpc) is 2.65. The van der Waals surface area contributed by atoms with Gasteiger partial charge in [-0.2, -0.15) is 0 Å². The first-order chi connectivity index (χ1) is 7.31. The van der Waals surface area contributed by atoms with Crippen LogP contribution in [0.3, 0.4) is 0 Å². The van der Waals surface area contributed by atoms with E-state index in [-0.39, 0.29) is 12.2 Å². The highest BCUT2D eigenvalue weighted by Crippen LogP contribution is 2.31. The molecule has 2 nitrogen and oxygen atoms in total. The summed E-state index contributed by atoms with van der Waals surface area (Å²) in [6, 6.07) is 7.98.